The van der Waals surface area contributed by atoms with E-state index in [1.54, 1.807) is 6.33 Å². The Balaban J connectivity index is 1.32. The van der Waals surface area contributed by atoms with Crippen LogP contribution in [0.1, 0.15) is 16.8 Å². The number of halogens is 2. The van der Waals surface area contributed by atoms with E-state index < -0.39 is 11.8 Å². The van der Waals surface area contributed by atoms with E-state index in [9.17, 15) is 14.4 Å². The van der Waals surface area contributed by atoms with E-state index in [1.807, 2.05) is 28.8 Å². The van der Waals surface area contributed by atoms with Gasteiger partial charge < -0.3 is 20.5 Å². The van der Waals surface area contributed by atoms with Gasteiger partial charge in [-0.1, -0.05) is 35.3 Å². The first kappa shape index (κ1) is 22.6. The fourth-order valence-corrected chi connectivity index (χ4v) is 3.39. The predicted octanol–water partition coefficient (Wildman–Crippen LogP) is 2.40. The zero-order chi connectivity index (χ0) is 22.2. The summed E-state index contributed by atoms with van der Waals surface area (Å²) in [6, 6.07) is 12.3. The van der Waals surface area contributed by atoms with Crippen molar-refractivity contribution in [1.82, 2.24) is 25.5 Å². The summed E-state index contributed by atoms with van der Waals surface area (Å²) in [6.07, 6.45) is 2.50. The Morgan fingerprint density at radius 2 is 1.68 bits per heavy atom. The normalized spacial score (nSPS) is 10.6. The lowest BCUT2D eigenvalue weighted by atomic mass is 10.2. The molecule has 0 aliphatic rings. The molecular weight excluding hydrogens is 441 g/mol. The van der Waals surface area contributed by atoms with Crippen LogP contribution in [0.15, 0.2) is 48.8 Å². The molecular formula is C21H21Cl2N5O3. The highest BCUT2D eigenvalue weighted by atomic mass is 35.5. The minimum atomic E-state index is -0.506. The van der Waals surface area contributed by atoms with Crippen molar-refractivity contribution in [1.29, 1.82) is 0 Å². The van der Waals surface area contributed by atoms with Gasteiger partial charge in [0.05, 0.1) is 41.0 Å². The Morgan fingerprint density at radius 1 is 0.935 bits per heavy atom. The summed E-state index contributed by atoms with van der Waals surface area (Å²) in [4.78, 5) is 40.1. The summed E-state index contributed by atoms with van der Waals surface area (Å²) in [5.41, 5.74) is 2.19. The second-order valence-electron chi connectivity index (χ2n) is 6.71. The average molecular weight is 462 g/mol. The molecule has 0 saturated carbocycles. The molecule has 0 atom stereocenters. The number of carbonyl (C=O) groups excluding carboxylic acids is 3. The third-order valence-corrected chi connectivity index (χ3v) is 5.00. The van der Waals surface area contributed by atoms with E-state index in [2.05, 4.69) is 20.9 Å². The molecule has 0 fully saturated rings. The molecule has 3 amide bonds. The molecule has 31 heavy (non-hydrogen) atoms. The predicted molar refractivity (Wildman–Crippen MR) is 119 cm³/mol. The van der Waals surface area contributed by atoms with Crippen molar-refractivity contribution in [2.45, 2.75) is 13.0 Å². The van der Waals surface area contributed by atoms with Crippen molar-refractivity contribution in [3.8, 4) is 0 Å². The van der Waals surface area contributed by atoms with Gasteiger partial charge in [0.2, 0.25) is 11.8 Å². The fraction of sp³-hybridized carbons (Fsp3) is 0.238. The standard InChI is InChI=1S/C21H21Cl2N5O3/c22-14-6-7-15(16(23)10-14)21(31)26-12-20(30)25-11-19(29)24-8-3-9-28-13-27-17-4-1-2-5-18(17)28/h1-2,4-7,10,13H,3,8-9,11-12H2,(H,24,29)(H,25,30)(H,26,31). The number of nitrogens with one attached hydrogen (secondary N) is 3. The molecule has 8 nitrogen and oxygen atoms in total. The van der Waals surface area contributed by atoms with E-state index in [4.69, 9.17) is 23.2 Å². The number of hydrogen-bond acceptors (Lipinski definition) is 4. The topological polar surface area (TPSA) is 105 Å². The van der Waals surface area contributed by atoms with Crippen LogP contribution in [0, 0.1) is 0 Å². The number of carbonyl (C=O) groups is 3. The largest absolute Gasteiger partial charge is 0.355 e. The first-order chi connectivity index (χ1) is 14.9. The molecule has 3 N–H and O–H groups in total. The summed E-state index contributed by atoms with van der Waals surface area (Å²) >= 11 is 11.8. The highest BCUT2D eigenvalue weighted by Crippen LogP contribution is 2.20. The molecule has 2 aromatic carbocycles. The maximum absolute atomic E-state index is 12.1. The SMILES string of the molecule is O=C(CNC(=O)CNC(=O)c1ccc(Cl)cc1Cl)NCCCn1cnc2ccccc21. The van der Waals surface area contributed by atoms with Crippen LogP contribution in [0.2, 0.25) is 10.0 Å². The molecule has 3 aromatic rings. The molecule has 0 radical (unpaired) electrons. The highest BCUT2D eigenvalue weighted by Gasteiger charge is 2.12. The maximum atomic E-state index is 12.1. The van der Waals surface area contributed by atoms with Gasteiger partial charge in [0.25, 0.3) is 5.91 Å². The number of aromatic nitrogens is 2. The van der Waals surface area contributed by atoms with Crippen LogP contribution in [0.4, 0.5) is 0 Å². The molecule has 3 rings (SSSR count). The van der Waals surface area contributed by atoms with Crippen LogP contribution in [0.25, 0.3) is 11.0 Å². The molecule has 0 aliphatic carbocycles. The minimum Gasteiger partial charge on any atom is -0.355 e. The van der Waals surface area contributed by atoms with Crippen molar-refractivity contribution in [2.75, 3.05) is 19.6 Å². The highest BCUT2D eigenvalue weighted by molar-refractivity contribution is 6.36. The third-order valence-electron chi connectivity index (χ3n) is 4.46. The van der Waals surface area contributed by atoms with E-state index >= 15 is 0 Å². The van der Waals surface area contributed by atoms with Gasteiger partial charge in [0, 0.05) is 18.1 Å². The third kappa shape index (κ3) is 6.44. The van der Waals surface area contributed by atoms with E-state index in [0.717, 1.165) is 17.5 Å². The minimum absolute atomic E-state index is 0.176. The Morgan fingerprint density at radius 3 is 2.48 bits per heavy atom. The zero-order valence-corrected chi connectivity index (χ0v) is 18.0. The number of fused-ring (bicyclic) bond motifs is 1. The number of hydrogen-bond donors (Lipinski definition) is 3. The van der Waals surface area contributed by atoms with Gasteiger partial charge in [-0.25, -0.2) is 4.98 Å². The first-order valence-corrected chi connectivity index (χ1v) is 10.4. The van der Waals surface area contributed by atoms with Gasteiger partial charge in [-0.3, -0.25) is 14.4 Å². The van der Waals surface area contributed by atoms with Gasteiger partial charge in [0.15, 0.2) is 0 Å². The Bertz CT molecular complexity index is 1100. The number of rotatable bonds is 9. The second kappa shape index (κ2) is 10.8. The Kier molecular flexibility index (Phi) is 7.86. The van der Waals surface area contributed by atoms with Gasteiger partial charge in [-0.05, 0) is 36.8 Å². The number of nitrogens with zero attached hydrogens (tertiary/aromatic N) is 2. The number of benzene rings is 2. The zero-order valence-electron chi connectivity index (χ0n) is 16.5. The van der Waals surface area contributed by atoms with Crippen LogP contribution in [-0.2, 0) is 16.1 Å². The van der Waals surface area contributed by atoms with E-state index in [1.165, 1.54) is 18.2 Å². The average Bonchev–Trinajstić information content (AvgIpc) is 3.16. The first-order valence-electron chi connectivity index (χ1n) is 9.60. The maximum Gasteiger partial charge on any atom is 0.253 e. The van der Waals surface area contributed by atoms with Crippen LogP contribution in [0.5, 0.6) is 0 Å². The van der Waals surface area contributed by atoms with Gasteiger partial charge in [0.1, 0.15) is 0 Å². The van der Waals surface area contributed by atoms with Crippen molar-refractivity contribution in [3.63, 3.8) is 0 Å². The quantitative estimate of drug-likeness (QED) is 0.425. The van der Waals surface area contributed by atoms with Crippen molar-refractivity contribution in [2.24, 2.45) is 0 Å². The molecule has 1 aromatic heterocycles. The van der Waals surface area contributed by atoms with Crippen LogP contribution >= 0.6 is 23.2 Å². The number of amides is 3. The summed E-state index contributed by atoms with van der Waals surface area (Å²) in [5.74, 6) is -1.30. The number of para-hydroxylation sites is 2. The smallest absolute Gasteiger partial charge is 0.253 e. The molecule has 0 bridgehead atoms. The van der Waals surface area contributed by atoms with E-state index in [-0.39, 0.29) is 29.6 Å². The molecule has 10 heteroatoms. The van der Waals surface area contributed by atoms with Crippen LogP contribution in [0.3, 0.4) is 0 Å². The van der Waals surface area contributed by atoms with Gasteiger partial charge >= 0.3 is 0 Å². The summed E-state index contributed by atoms with van der Waals surface area (Å²) in [5, 5.41) is 8.24. The van der Waals surface area contributed by atoms with Crippen molar-refractivity contribution in [3.05, 3.63) is 64.4 Å². The van der Waals surface area contributed by atoms with Crippen molar-refractivity contribution < 1.29 is 14.4 Å². The summed E-state index contributed by atoms with van der Waals surface area (Å²) < 4.78 is 2.03. The molecule has 0 saturated heterocycles. The lowest BCUT2D eigenvalue weighted by Crippen LogP contribution is -2.42. The molecule has 1 heterocycles. The summed E-state index contributed by atoms with van der Waals surface area (Å²) in [6.45, 7) is 0.725. The van der Waals surface area contributed by atoms with Gasteiger partial charge in [-0.2, -0.15) is 0 Å². The van der Waals surface area contributed by atoms with Crippen LogP contribution in [-0.4, -0.2) is 46.9 Å². The Labute approximate surface area is 188 Å². The number of imidazole rings is 1. The molecule has 0 spiro atoms. The lowest BCUT2D eigenvalue weighted by molar-refractivity contribution is -0.125. The van der Waals surface area contributed by atoms with Crippen molar-refractivity contribution >= 4 is 52.0 Å². The van der Waals surface area contributed by atoms with Crippen LogP contribution < -0.4 is 16.0 Å². The lowest BCUT2D eigenvalue weighted by Gasteiger charge is -2.09. The van der Waals surface area contributed by atoms with Gasteiger partial charge in [-0.15, -0.1) is 0 Å². The molecule has 0 aliphatic heterocycles. The Hall–Kier alpha value is -3.10. The molecule has 162 valence electrons. The summed E-state index contributed by atoms with van der Waals surface area (Å²) in [7, 11) is 0. The molecule has 0 unspecified atom stereocenters. The monoisotopic (exact) mass is 461 g/mol. The number of aryl methyl sites for hydroxylation is 1. The second-order valence-corrected chi connectivity index (χ2v) is 7.56. The van der Waals surface area contributed by atoms with E-state index in [0.29, 0.717) is 18.1 Å². The fourth-order valence-electron chi connectivity index (χ4n) is 2.90.